The molecule has 4 rings (SSSR count). The summed E-state index contributed by atoms with van der Waals surface area (Å²) < 4.78 is 29.3. The fourth-order valence-corrected chi connectivity index (χ4v) is 4.37. The van der Waals surface area contributed by atoms with Crippen LogP contribution in [0.25, 0.3) is 11.2 Å². The number of aliphatic hydroxyl groups excluding tert-OH is 2. The van der Waals surface area contributed by atoms with E-state index in [0.29, 0.717) is 5.56 Å². The number of rotatable bonds is 7. The monoisotopic (exact) mass is 525 g/mol. The third-order valence-electron chi connectivity index (χ3n) is 5.63. The minimum atomic E-state index is -5.19. The van der Waals surface area contributed by atoms with E-state index in [1.165, 1.54) is 7.05 Å². The van der Waals surface area contributed by atoms with Crippen LogP contribution in [0, 0.1) is 0 Å². The number of aliphatic hydroxyl groups is 2. The maximum atomic E-state index is 12.5. The number of aromatic nitrogens is 4. The van der Waals surface area contributed by atoms with Crippen molar-refractivity contribution in [3.8, 4) is 0 Å². The molecule has 0 amide bonds. The summed E-state index contributed by atoms with van der Waals surface area (Å²) in [5.74, 6) is -0.827. The van der Waals surface area contributed by atoms with Gasteiger partial charge in [-0.25, -0.2) is 9.55 Å². The van der Waals surface area contributed by atoms with E-state index in [9.17, 15) is 34.2 Å². The number of nitrogen functional groups attached to an aromatic ring is 1. The number of hydrogen-bond acceptors (Lipinski definition) is 11. The molecule has 15 nitrogen and oxygen atoms in total. The van der Waals surface area contributed by atoms with Gasteiger partial charge in [0.15, 0.2) is 17.4 Å². The van der Waals surface area contributed by atoms with Crippen molar-refractivity contribution in [1.82, 2.24) is 19.1 Å². The second-order valence-corrected chi connectivity index (χ2v) is 9.30. The molecule has 194 valence electrons. The number of benzene rings is 1. The van der Waals surface area contributed by atoms with Crippen LogP contribution < -0.4 is 11.3 Å². The summed E-state index contributed by atoms with van der Waals surface area (Å²) in [5.41, 5.74) is 5.65. The zero-order valence-corrected chi connectivity index (χ0v) is 19.7. The molecule has 36 heavy (non-hydrogen) atoms. The second-order valence-electron chi connectivity index (χ2n) is 8.11. The summed E-state index contributed by atoms with van der Waals surface area (Å²) in [4.78, 5) is 51.4. The molecular weight excluding hydrogens is 501 g/mol. The first-order chi connectivity index (χ1) is 17.0. The molecule has 5 atom stereocenters. The molecule has 16 heteroatoms. The number of carbonyl (C=O) groups excluding carboxylic acids is 1. The summed E-state index contributed by atoms with van der Waals surface area (Å²) >= 11 is 0. The molecule has 0 radical (unpaired) electrons. The molecule has 0 saturated carbocycles. The highest BCUT2D eigenvalue weighted by Crippen LogP contribution is 2.43. The standard InChI is InChI=1S/C20H24N5O10P/c1-24-18(29)13-17(23-20(24)21)25(9-22-13)19-15(28)16(35-36(30,31)32)14(27)11(34-19)8-33-12(26)7-10-5-3-2-4-6-10/h2-6,9,11,14-16,19,27-28H,7-8H2,1H3,(H2,21,23)(H2,30,31,32)/t11-,14-,15-,16+,19-/m1/s1. The number of nitrogens with two attached hydrogens (primary N) is 1. The zero-order valence-electron chi connectivity index (χ0n) is 18.8. The van der Waals surface area contributed by atoms with E-state index in [2.05, 4.69) is 14.5 Å². The molecule has 3 aromatic rings. The molecule has 0 aliphatic carbocycles. The van der Waals surface area contributed by atoms with E-state index in [1.807, 2.05) is 0 Å². The van der Waals surface area contributed by atoms with Gasteiger partial charge in [0, 0.05) is 7.05 Å². The smallest absolute Gasteiger partial charge is 0.463 e. The summed E-state index contributed by atoms with van der Waals surface area (Å²) in [5, 5.41) is 21.5. The fourth-order valence-electron chi connectivity index (χ4n) is 3.80. The van der Waals surface area contributed by atoms with Gasteiger partial charge in [-0.1, -0.05) is 30.3 Å². The van der Waals surface area contributed by atoms with Crippen LogP contribution in [0.15, 0.2) is 41.5 Å². The lowest BCUT2D eigenvalue weighted by Gasteiger charge is -2.42. The fraction of sp³-hybridized carbons (Fsp3) is 0.400. The largest absolute Gasteiger partial charge is 0.470 e. The molecule has 1 aromatic carbocycles. The lowest BCUT2D eigenvalue weighted by molar-refractivity contribution is -0.249. The molecular formula is C20H24N5O10P. The van der Waals surface area contributed by atoms with Crippen LogP contribution in [0.3, 0.4) is 0 Å². The Kier molecular flexibility index (Phi) is 7.24. The highest BCUT2D eigenvalue weighted by Gasteiger charge is 2.49. The normalized spacial score (nSPS) is 24.6. The number of imidazole rings is 1. The molecule has 1 aliphatic heterocycles. The maximum Gasteiger partial charge on any atom is 0.470 e. The average Bonchev–Trinajstić information content (AvgIpc) is 3.23. The van der Waals surface area contributed by atoms with Crippen molar-refractivity contribution in [1.29, 1.82) is 0 Å². The van der Waals surface area contributed by atoms with Crippen LogP contribution in [0.2, 0.25) is 0 Å². The topological polar surface area (TPSA) is 221 Å². The second kappa shape index (κ2) is 10.1. The van der Waals surface area contributed by atoms with Crippen molar-refractivity contribution < 1.29 is 43.4 Å². The molecule has 0 unspecified atom stereocenters. The molecule has 0 spiro atoms. The molecule has 0 bridgehead atoms. The van der Waals surface area contributed by atoms with Crippen LogP contribution in [-0.4, -0.2) is 76.1 Å². The van der Waals surface area contributed by atoms with Gasteiger partial charge in [-0.15, -0.1) is 0 Å². The molecule has 6 N–H and O–H groups in total. The number of phosphoric acid groups is 1. The van der Waals surface area contributed by atoms with Gasteiger partial charge in [0.05, 0.1) is 12.7 Å². The van der Waals surface area contributed by atoms with Crippen molar-refractivity contribution in [2.75, 3.05) is 12.3 Å². The van der Waals surface area contributed by atoms with Crippen molar-refractivity contribution in [3.63, 3.8) is 0 Å². The minimum Gasteiger partial charge on any atom is -0.463 e. The average molecular weight is 525 g/mol. The Bertz CT molecular complexity index is 1360. The van der Waals surface area contributed by atoms with E-state index in [0.717, 1.165) is 15.5 Å². The Hall–Kier alpha value is -3.17. The Balaban J connectivity index is 1.62. The number of fused-ring (bicyclic) bond motifs is 1. The Morgan fingerprint density at radius 3 is 2.58 bits per heavy atom. The summed E-state index contributed by atoms with van der Waals surface area (Å²) in [6.07, 6.45) is -7.41. The molecule has 1 fully saturated rings. The van der Waals surface area contributed by atoms with Gasteiger partial charge in [0.2, 0.25) is 5.95 Å². The van der Waals surface area contributed by atoms with Gasteiger partial charge in [-0.3, -0.25) is 23.2 Å². The van der Waals surface area contributed by atoms with E-state index in [1.54, 1.807) is 30.3 Å². The van der Waals surface area contributed by atoms with Crippen molar-refractivity contribution in [2.24, 2.45) is 7.05 Å². The van der Waals surface area contributed by atoms with Crippen LogP contribution in [0.1, 0.15) is 11.8 Å². The number of esters is 1. The molecule has 2 aromatic heterocycles. The van der Waals surface area contributed by atoms with Crippen LogP contribution in [0.4, 0.5) is 5.95 Å². The number of phosphoric ester groups is 1. The first-order valence-corrected chi connectivity index (χ1v) is 12.1. The lowest BCUT2D eigenvalue weighted by atomic mass is 9.98. The van der Waals surface area contributed by atoms with Gasteiger partial charge in [-0.2, -0.15) is 4.98 Å². The molecule has 1 saturated heterocycles. The Labute approximate surface area is 202 Å². The van der Waals surface area contributed by atoms with E-state index in [-0.39, 0.29) is 23.5 Å². The summed E-state index contributed by atoms with van der Waals surface area (Å²) in [7, 11) is -3.81. The predicted octanol–water partition coefficient (Wildman–Crippen LogP) is -1.40. The number of carbonyl (C=O) groups is 1. The highest BCUT2D eigenvalue weighted by molar-refractivity contribution is 7.46. The summed E-state index contributed by atoms with van der Waals surface area (Å²) in [6, 6.07) is 8.71. The van der Waals surface area contributed by atoms with Gasteiger partial charge in [-0.05, 0) is 5.56 Å². The van der Waals surface area contributed by atoms with Crippen molar-refractivity contribution in [2.45, 2.75) is 37.1 Å². The van der Waals surface area contributed by atoms with Gasteiger partial charge in [0.1, 0.15) is 31.0 Å². The first kappa shape index (κ1) is 25.9. The quantitative estimate of drug-likeness (QED) is 0.177. The van der Waals surface area contributed by atoms with E-state index >= 15 is 0 Å². The number of anilines is 1. The number of hydrogen-bond donors (Lipinski definition) is 5. The number of ether oxygens (including phenoxy) is 2. The first-order valence-electron chi connectivity index (χ1n) is 10.6. The maximum absolute atomic E-state index is 12.5. The third-order valence-corrected chi connectivity index (χ3v) is 6.15. The Morgan fingerprint density at radius 1 is 1.22 bits per heavy atom. The van der Waals surface area contributed by atoms with Crippen molar-refractivity contribution >= 4 is 30.9 Å². The van der Waals surface area contributed by atoms with Crippen LogP contribution in [-0.2, 0) is 36.8 Å². The predicted molar refractivity (Wildman–Crippen MR) is 121 cm³/mol. The van der Waals surface area contributed by atoms with Crippen LogP contribution >= 0.6 is 7.82 Å². The SMILES string of the molecule is Cn1c(N)nc2c(ncn2[C@@H]2O[C@H](COC(=O)Cc3ccccc3)[C@@H](O)[C@H](OP(=O)(O)O)[C@H]2O)c1=O. The molecule has 1 aliphatic rings. The minimum absolute atomic E-state index is 0.0726. The van der Waals surface area contributed by atoms with E-state index in [4.69, 9.17) is 15.2 Å². The Morgan fingerprint density at radius 2 is 1.92 bits per heavy atom. The van der Waals surface area contributed by atoms with Crippen LogP contribution in [0.5, 0.6) is 0 Å². The summed E-state index contributed by atoms with van der Waals surface area (Å²) in [6.45, 7) is -0.541. The van der Waals surface area contributed by atoms with Crippen molar-refractivity contribution in [3.05, 3.63) is 52.6 Å². The van der Waals surface area contributed by atoms with Gasteiger partial charge < -0.3 is 35.2 Å². The van der Waals surface area contributed by atoms with Gasteiger partial charge >= 0.3 is 13.8 Å². The zero-order chi connectivity index (χ0) is 26.2. The molecule has 3 heterocycles. The van der Waals surface area contributed by atoms with E-state index < -0.39 is 56.6 Å². The highest BCUT2D eigenvalue weighted by atomic mass is 31.2. The van der Waals surface area contributed by atoms with Gasteiger partial charge in [0.25, 0.3) is 5.56 Å². The number of nitrogens with zero attached hydrogens (tertiary/aromatic N) is 4. The third kappa shape index (κ3) is 5.32. The lowest BCUT2D eigenvalue weighted by Crippen LogP contribution is -2.57.